The fraction of sp³-hybridized carbons (Fsp3) is 0.316. The van der Waals surface area contributed by atoms with E-state index in [0.717, 1.165) is 11.1 Å². The molecule has 3 atom stereocenters. The summed E-state index contributed by atoms with van der Waals surface area (Å²) < 4.78 is 0. The van der Waals surface area contributed by atoms with Crippen molar-refractivity contribution in [3.05, 3.63) is 65.7 Å². The lowest BCUT2D eigenvalue weighted by Crippen LogP contribution is -2.39. The van der Waals surface area contributed by atoms with E-state index in [1.165, 1.54) is 12.1 Å². The lowest BCUT2D eigenvalue weighted by Gasteiger charge is -2.22. The van der Waals surface area contributed by atoms with Gasteiger partial charge in [-0.25, -0.2) is 0 Å². The first kappa shape index (κ1) is 18.0. The number of carboxylic acid groups (broad SMARTS) is 1. The van der Waals surface area contributed by atoms with Crippen LogP contribution in [-0.2, 0) is 17.6 Å². The van der Waals surface area contributed by atoms with Crippen LogP contribution < -0.4 is 5.73 Å². The van der Waals surface area contributed by atoms with E-state index in [1.54, 1.807) is 12.1 Å². The molecule has 3 unspecified atom stereocenters. The highest BCUT2D eigenvalue weighted by molar-refractivity contribution is 5.70. The van der Waals surface area contributed by atoms with Crippen molar-refractivity contribution in [1.82, 2.24) is 0 Å². The molecule has 0 spiro atoms. The van der Waals surface area contributed by atoms with E-state index in [0.29, 0.717) is 6.42 Å². The van der Waals surface area contributed by atoms with E-state index in [-0.39, 0.29) is 18.6 Å². The zero-order valence-corrected chi connectivity index (χ0v) is 13.4. The van der Waals surface area contributed by atoms with Crippen LogP contribution in [-0.4, -0.2) is 33.4 Å². The maximum absolute atomic E-state index is 11.5. The highest BCUT2D eigenvalue weighted by Gasteiger charge is 2.25. The van der Waals surface area contributed by atoms with Gasteiger partial charge in [0.2, 0.25) is 0 Å². The van der Waals surface area contributed by atoms with Crippen molar-refractivity contribution in [2.24, 2.45) is 11.7 Å². The molecule has 0 aromatic heterocycles. The third-order valence-electron chi connectivity index (χ3n) is 4.10. The van der Waals surface area contributed by atoms with Crippen LogP contribution >= 0.6 is 0 Å². The Bertz CT molecular complexity index is 642. The van der Waals surface area contributed by atoms with Crippen molar-refractivity contribution in [2.75, 3.05) is 0 Å². The number of benzene rings is 2. The lowest BCUT2D eigenvalue weighted by molar-refractivity contribution is -0.142. The van der Waals surface area contributed by atoms with Crippen LogP contribution in [0.1, 0.15) is 17.5 Å². The number of phenols is 1. The van der Waals surface area contributed by atoms with E-state index >= 15 is 0 Å². The van der Waals surface area contributed by atoms with E-state index in [1.807, 2.05) is 30.3 Å². The number of phenolic OH excluding ortho intramolecular Hbond substituents is 1. The van der Waals surface area contributed by atoms with Crippen molar-refractivity contribution in [1.29, 1.82) is 0 Å². The Labute approximate surface area is 141 Å². The summed E-state index contributed by atoms with van der Waals surface area (Å²) in [5.41, 5.74) is 7.84. The molecule has 0 aliphatic rings. The van der Waals surface area contributed by atoms with Gasteiger partial charge in [-0.2, -0.15) is 0 Å². The topological polar surface area (TPSA) is 104 Å². The third kappa shape index (κ3) is 5.37. The first-order valence-electron chi connectivity index (χ1n) is 7.94. The van der Waals surface area contributed by atoms with Gasteiger partial charge in [-0.15, -0.1) is 0 Å². The van der Waals surface area contributed by atoms with Crippen LogP contribution in [0.3, 0.4) is 0 Å². The molecule has 5 heteroatoms. The first-order valence-corrected chi connectivity index (χ1v) is 7.94. The Morgan fingerprint density at radius 1 is 0.958 bits per heavy atom. The van der Waals surface area contributed by atoms with Gasteiger partial charge >= 0.3 is 5.97 Å². The first-order chi connectivity index (χ1) is 11.5. The van der Waals surface area contributed by atoms with Crippen LogP contribution in [0.2, 0.25) is 0 Å². The average Bonchev–Trinajstić information content (AvgIpc) is 2.56. The Hall–Kier alpha value is -2.37. The minimum Gasteiger partial charge on any atom is -0.508 e. The number of aliphatic carboxylic acids is 1. The zero-order chi connectivity index (χ0) is 17.5. The minimum absolute atomic E-state index is 0.0875. The fourth-order valence-corrected chi connectivity index (χ4v) is 2.68. The van der Waals surface area contributed by atoms with E-state index < -0.39 is 24.0 Å². The van der Waals surface area contributed by atoms with Gasteiger partial charge in [-0.1, -0.05) is 42.5 Å². The van der Waals surface area contributed by atoms with Crippen LogP contribution in [0.25, 0.3) is 0 Å². The number of hydrogen-bond donors (Lipinski definition) is 4. The molecule has 5 nitrogen and oxygen atoms in total. The fourth-order valence-electron chi connectivity index (χ4n) is 2.68. The molecule has 24 heavy (non-hydrogen) atoms. The number of aliphatic hydroxyl groups excluding tert-OH is 1. The number of aromatic hydroxyl groups is 1. The van der Waals surface area contributed by atoms with Gasteiger partial charge in [-0.3, -0.25) is 4.79 Å². The van der Waals surface area contributed by atoms with E-state index in [2.05, 4.69) is 0 Å². The molecular formula is C19H23NO4. The number of nitrogens with two attached hydrogens (primary N) is 1. The number of hydrogen-bond acceptors (Lipinski definition) is 4. The molecule has 0 saturated heterocycles. The molecule has 0 radical (unpaired) electrons. The van der Waals surface area contributed by atoms with Crippen molar-refractivity contribution in [3.8, 4) is 5.75 Å². The van der Waals surface area contributed by atoms with Gasteiger partial charge in [0.1, 0.15) is 5.75 Å². The second-order valence-corrected chi connectivity index (χ2v) is 6.06. The second kappa shape index (κ2) is 8.47. The maximum atomic E-state index is 11.5. The summed E-state index contributed by atoms with van der Waals surface area (Å²) >= 11 is 0. The molecule has 0 fully saturated rings. The molecule has 2 aromatic carbocycles. The highest BCUT2D eigenvalue weighted by atomic mass is 16.4. The third-order valence-corrected chi connectivity index (χ3v) is 4.10. The molecule has 2 rings (SSSR count). The zero-order valence-electron chi connectivity index (χ0n) is 13.4. The largest absolute Gasteiger partial charge is 0.508 e. The number of rotatable bonds is 8. The summed E-state index contributed by atoms with van der Waals surface area (Å²) in [6.45, 7) is 0. The van der Waals surface area contributed by atoms with E-state index in [4.69, 9.17) is 5.73 Å². The number of carbonyl (C=O) groups is 1. The molecule has 5 N–H and O–H groups in total. The smallest absolute Gasteiger partial charge is 0.306 e. The van der Waals surface area contributed by atoms with Gasteiger partial charge in [0.15, 0.2) is 0 Å². The Kier molecular flexibility index (Phi) is 6.35. The highest BCUT2D eigenvalue weighted by Crippen LogP contribution is 2.19. The van der Waals surface area contributed by atoms with Crippen molar-refractivity contribution >= 4 is 5.97 Å². The Balaban J connectivity index is 1.96. The Morgan fingerprint density at radius 3 is 2.12 bits per heavy atom. The summed E-state index contributed by atoms with van der Waals surface area (Å²) in [7, 11) is 0. The molecule has 0 aliphatic heterocycles. The van der Waals surface area contributed by atoms with Gasteiger partial charge in [0.25, 0.3) is 0 Å². The summed E-state index contributed by atoms with van der Waals surface area (Å²) in [4.78, 5) is 11.5. The van der Waals surface area contributed by atoms with Gasteiger partial charge in [0, 0.05) is 6.04 Å². The molecule has 2 aromatic rings. The molecular weight excluding hydrogens is 306 g/mol. The van der Waals surface area contributed by atoms with E-state index in [9.17, 15) is 20.1 Å². The predicted octanol–water partition coefficient (Wildman–Crippen LogP) is 1.96. The summed E-state index contributed by atoms with van der Waals surface area (Å²) in [6, 6.07) is 15.5. The van der Waals surface area contributed by atoms with Gasteiger partial charge < -0.3 is 21.1 Å². The molecule has 0 heterocycles. The SMILES string of the molecule is NC(Cc1ccccc1)C(O)CC(Cc1ccc(O)cc1)C(=O)O. The van der Waals surface area contributed by atoms with Crippen LogP contribution in [0.15, 0.2) is 54.6 Å². The standard InChI is InChI=1S/C19H23NO4/c20-17(11-13-4-2-1-3-5-13)18(22)12-15(19(23)24)10-14-6-8-16(21)9-7-14/h1-9,15,17-18,21-22H,10-12,20H2,(H,23,24). The van der Waals surface area contributed by atoms with Crippen LogP contribution in [0.4, 0.5) is 0 Å². The van der Waals surface area contributed by atoms with Crippen molar-refractivity contribution in [3.63, 3.8) is 0 Å². The van der Waals surface area contributed by atoms with Gasteiger partial charge in [-0.05, 0) is 42.5 Å². The monoisotopic (exact) mass is 329 g/mol. The normalized spacial score (nSPS) is 14.8. The number of aliphatic hydroxyl groups is 1. The Morgan fingerprint density at radius 2 is 1.54 bits per heavy atom. The number of carboxylic acids is 1. The molecule has 0 amide bonds. The maximum Gasteiger partial charge on any atom is 0.306 e. The van der Waals surface area contributed by atoms with Gasteiger partial charge in [0.05, 0.1) is 12.0 Å². The molecule has 0 aliphatic carbocycles. The summed E-state index contributed by atoms with van der Waals surface area (Å²) in [5, 5.41) is 29.0. The summed E-state index contributed by atoms with van der Waals surface area (Å²) in [6.07, 6.45) is -0.0360. The molecule has 0 saturated carbocycles. The molecule has 128 valence electrons. The quantitative estimate of drug-likeness (QED) is 0.593. The molecule has 0 bridgehead atoms. The van der Waals surface area contributed by atoms with Crippen LogP contribution in [0.5, 0.6) is 5.75 Å². The second-order valence-electron chi connectivity index (χ2n) is 6.06. The lowest BCUT2D eigenvalue weighted by atomic mass is 9.90. The van der Waals surface area contributed by atoms with Crippen molar-refractivity contribution in [2.45, 2.75) is 31.4 Å². The predicted molar refractivity (Wildman–Crippen MR) is 91.7 cm³/mol. The van der Waals surface area contributed by atoms with Crippen LogP contribution in [0, 0.1) is 5.92 Å². The average molecular weight is 329 g/mol. The minimum atomic E-state index is -0.964. The van der Waals surface area contributed by atoms with Crippen molar-refractivity contribution < 1.29 is 20.1 Å². The summed E-state index contributed by atoms with van der Waals surface area (Å²) in [5.74, 6) is -1.56.